The first kappa shape index (κ1) is 6.23. The second kappa shape index (κ2) is 3.90. The number of benzene rings is 1. The Kier molecular flexibility index (Phi) is 2.03. The van der Waals surface area contributed by atoms with Gasteiger partial charge in [-0.25, -0.2) is 0 Å². The highest BCUT2D eigenvalue weighted by molar-refractivity contribution is 5.74. The van der Waals surface area contributed by atoms with Gasteiger partial charge in [0.1, 0.15) is 5.75 Å². The van der Waals surface area contributed by atoms with Gasteiger partial charge in [0.15, 0.2) is 0 Å². The van der Waals surface area contributed by atoms with Crippen LogP contribution in [-0.4, -0.2) is 5.97 Å². The summed E-state index contributed by atoms with van der Waals surface area (Å²) >= 11 is 0. The van der Waals surface area contributed by atoms with Crippen molar-refractivity contribution in [2.75, 3.05) is 0 Å². The van der Waals surface area contributed by atoms with Gasteiger partial charge in [-0.2, -0.15) is 0 Å². The summed E-state index contributed by atoms with van der Waals surface area (Å²) in [7, 11) is 0. The minimum Gasteiger partial charge on any atom is -0.426 e. The topological polar surface area (TPSA) is 26.3 Å². The van der Waals surface area contributed by atoms with Gasteiger partial charge < -0.3 is 4.74 Å². The Morgan fingerprint density at radius 1 is 1.58 bits per heavy atom. The van der Waals surface area contributed by atoms with Crippen LogP contribution in [0.4, 0.5) is 0 Å². The second-order valence-electron chi connectivity index (χ2n) is 2.48. The first-order chi connectivity index (χ1) is 6.56. The molecule has 0 aromatic heterocycles. The van der Waals surface area contributed by atoms with Crippen LogP contribution >= 0.6 is 0 Å². The van der Waals surface area contributed by atoms with E-state index in [1.807, 2.05) is 6.07 Å². The van der Waals surface area contributed by atoms with E-state index < -0.39 is 11.9 Å². The molecule has 1 aromatic rings. The van der Waals surface area contributed by atoms with Gasteiger partial charge in [-0.05, 0) is 12.1 Å². The van der Waals surface area contributed by atoms with Crippen LogP contribution in [0.5, 0.6) is 5.75 Å². The summed E-state index contributed by atoms with van der Waals surface area (Å²) in [6, 6.07) is 8.56. The van der Waals surface area contributed by atoms with E-state index in [2.05, 4.69) is 0 Å². The van der Waals surface area contributed by atoms with Crippen molar-refractivity contribution in [2.24, 2.45) is 5.89 Å². The highest BCUT2D eigenvalue weighted by Crippen LogP contribution is 2.10. The third kappa shape index (κ3) is 2.38. The first-order valence-corrected chi connectivity index (χ1v) is 3.63. The molecule has 1 aromatic carbocycles. The molecule has 0 fully saturated rings. The predicted octanol–water partition coefficient (Wildman–Crippen LogP) is 2.25. The van der Waals surface area contributed by atoms with Gasteiger partial charge in [0.25, 0.3) is 0 Å². The molecule has 0 aliphatic heterocycles. The number of ether oxygens (including phenoxy) is 1. The van der Waals surface area contributed by atoms with E-state index in [4.69, 9.17) is 7.48 Å². The maximum absolute atomic E-state index is 11.3. The van der Waals surface area contributed by atoms with Crippen molar-refractivity contribution in [3.8, 4) is 5.75 Å². The number of hydrogen-bond acceptors (Lipinski definition) is 2. The lowest BCUT2D eigenvalue weighted by molar-refractivity contribution is -0.137. The predicted molar refractivity (Wildman–Crippen MR) is 46.9 cm³/mol. The van der Waals surface area contributed by atoms with E-state index in [1.165, 1.54) is 6.92 Å². The third-order valence-electron chi connectivity index (χ3n) is 1.30. The summed E-state index contributed by atoms with van der Waals surface area (Å²) in [5.41, 5.74) is 0. The lowest BCUT2D eigenvalue weighted by Crippen LogP contribution is -2.14. The van der Waals surface area contributed by atoms with Crippen molar-refractivity contribution in [3.63, 3.8) is 0 Å². The van der Waals surface area contributed by atoms with Crippen LogP contribution in [-0.2, 0) is 4.79 Å². The Hall–Kier alpha value is -1.31. The normalized spacial score (nSPS) is 17.1. The van der Waals surface area contributed by atoms with Crippen LogP contribution in [0.1, 0.15) is 16.6 Å². The van der Waals surface area contributed by atoms with Crippen LogP contribution < -0.4 is 4.74 Å². The molecular formula is C10H12O2. The van der Waals surface area contributed by atoms with E-state index in [0.717, 1.165) is 0 Å². The van der Waals surface area contributed by atoms with Gasteiger partial charge in [0, 0.05) is 2.74 Å². The number of carbonyl (C=O) groups is 1. The Morgan fingerprint density at radius 2 is 2.25 bits per heavy atom. The molecule has 2 nitrogen and oxygen atoms in total. The quantitative estimate of drug-likeness (QED) is 0.497. The molecule has 0 heterocycles. The average molecular weight is 166 g/mol. The Balaban J connectivity index is 2.67. The second-order valence-corrected chi connectivity index (χ2v) is 2.48. The van der Waals surface area contributed by atoms with Crippen LogP contribution in [0.25, 0.3) is 0 Å². The fourth-order valence-electron chi connectivity index (χ4n) is 0.683. The Bertz CT molecular complexity index is 309. The Labute approximate surface area is 75.0 Å². The molecule has 1 atom stereocenters. The van der Waals surface area contributed by atoms with Crippen molar-refractivity contribution in [3.05, 3.63) is 30.3 Å². The van der Waals surface area contributed by atoms with Crippen LogP contribution in [0, 0.1) is 5.89 Å². The molecule has 0 bridgehead atoms. The van der Waals surface area contributed by atoms with E-state index >= 15 is 0 Å². The lowest BCUT2D eigenvalue weighted by atomic mass is 10.2. The molecule has 0 aliphatic carbocycles. The van der Waals surface area contributed by atoms with Crippen LogP contribution in [0.15, 0.2) is 30.3 Å². The van der Waals surface area contributed by atoms with Gasteiger partial charge in [0.2, 0.25) is 0 Å². The van der Waals surface area contributed by atoms with Crippen molar-refractivity contribution in [1.29, 1.82) is 0 Å². The fraction of sp³-hybridized carbons (Fsp3) is 0.300. The highest BCUT2D eigenvalue weighted by atomic mass is 16.5. The number of hydrogen-bond donors (Lipinski definition) is 0. The minimum atomic E-state index is -1.49. The third-order valence-corrected chi connectivity index (χ3v) is 1.30. The number of carbonyl (C=O) groups excluding carboxylic acids is 1. The first-order valence-electron chi connectivity index (χ1n) is 4.83. The van der Waals surface area contributed by atoms with E-state index in [1.54, 1.807) is 24.3 Å². The van der Waals surface area contributed by atoms with Crippen LogP contribution in [0.3, 0.4) is 0 Å². The lowest BCUT2D eigenvalue weighted by Gasteiger charge is -2.05. The van der Waals surface area contributed by atoms with Crippen molar-refractivity contribution in [2.45, 2.75) is 13.8 Å². The summed E-state index contributed by atoms with van der Waals surface area (Å²) in [4.78, 5) is 11.3. The SMILES string of the molecule is [2H]CC([2H])(C)C(=O)Oc1ccccc1. The van der Waals surface area contributed by atoms with Crippen molar-refractivity contribution >= 4 is 5.97 Å². The average Bonchev–Trinajstić information content (AvgIpc) is 2.19. The maximum atomic E-state index is 11.3. The summed E-state index contributed by atoms with van der Waals surface area (Å²) < 4.78 is 19.4. The smallest absolute Gasteiger partial charge is 0.313 e. The van der Waals surface area contributed by atoms with Gasteiger partial charge in [-0.1, -0.05) is 32.0 Å². The highest BCUT2D eigenvalue weighted by Gasteiger charge is 2.08. The molecule has 0 aliphatic rings. The van der Waals surface area contributed by atoms with Crippen molar-refractivity contribution in [1.82, 2.24) is 0 Å². The molecule has 0 N–H and O–H groups in total. The molecule has 0 amide bonds. The summed E-state index contributed by atoms with van der Waals surface area (Å²) in [5.74, 6) is -1.78. The number of rotatable bonds is 2. The van der Waals surface area contributed by atoms with Crippen LogP contribution in [0.2, 0.25) is 0 Å². The molecule has 1 unspecified atom stereocenters. The molecule has 64 valence electrons. The largest absolute Gasteiger partial charge is 0.426 e. The molecule has 0 radical (unpaired) electrons. The zero-order valence-electron chi connectivity index (χ0n) is 8.91. The maximum Gasteiger partial charge on any atom is 0.313 e. The Morgan fingerprint density at radius 3 is 2.83 bits per heavy atom. The van der Waals surface area contributed by atoms with Gasteiger partial charge in [-0.15, -0.1) is 0 Å². The zero-order valence-corrected chi connectivity index (χ0v) is 6.91. The van der Waals surface area contributed by atoms with E-state index in [0.29, 0.717) is 5.75 Å². The molecular weight excluding hydrogens is 152 g/mol. The molecule has 12 heavy (non-hydrogen) atoms. The summed E-state index contributed by atoms with van der Waals surface area (Å²) in [5, 5.41) is 0. The molecule has 0 saturated heterocycles. The molecule has 0 spiro atoms. The van der Waals surface area contributed by atoms with Gasteiger partial charge in [0.05, 0.1) is 5.89 Å². The van der Waals surface area contributed by atoms with E-state index in [9.17, 15) is 4.79 Å². The monoisotopic (exact) mass is 166 g/mol. The fourth-order valence-corrected chi connectivity index (χ4v) is 0.683. The minimum absolute atomic E-state index is 0.307. The molecule has 2 heteroatoms. The van der Waals surface area contributed by atoms with Crippen molar-refractivity contribution < 1.29 is 12.3 Å². The van der Waals surface area contributed by atoms with Gasteiger partial charge in [-0.3, -0.25) is 4.79 Å². The molecule has 0 saturated carbocycles. The number of para-hydroxylation sites is 1. The summed E-state index contributed by atoms with van der Waals surface area (Å²) in [6.07, 6.45) is 0. The zero-order chi connectivity index (χ0) is 10.6. The van der Waals surface area contributed by atoms with E-state index in [-0.39, 0.29) is 6.90 Å². The number of esters is 1. The standard InChI is InChI=1S/C10H12O2/c1-8(2)10(11)12-9-6-4-3-5-7-9/h3-8H,1-2H3/i1D,8D. The molecule has 1 rings (SSSR count). The summed E-state index contributed by atoms with van der Waals surface area (Å²) in [6.45, 7) is 1.06. The van der Waals surface area contributed by atoms with Gasteiger partial charge >= 0.3 is 5.97 Å².